The van der Waals surface area contributed by atoms with Crippen LogP contribution in [-0.2, 0) is 0 Å². The average molecular weight is 321 g/mol. The lowest BCUT2D eigenvalue weighted by Gasteiger charge is -2.26. The molecule has 1 aliphatic rings. The molecule has 3 rings (SSSR count). The smallest absolute Gasteiger partial charge is 0.0769 e. The number of hydrogen-bond donors (Lipinski definition) is 0. The average Bonchev–Trinajstić information content (AvgIpc) is 2.58. The quantitative estimate of drug-likeness (QED) is 0.453. The van der Waals surface area contributed by atoms with Crippen molar-refractivity contribution in [3.8, 4) is 11.1 Å². The van der Waals surface area contributed by atoms with Crippen molar-refractivity contribution in [2.24, 2.45) is 10.9 Å². The largest absolute Gasteiger partial charge is 0.194 e. The lowest BCUT2D eigenvalue weighted by atomic mass is 9.79. The van der Waals surface area contributed by atoms with Crippen LogP contribution in [0.1, 0.15) is 49.7 Å². The number of isothiocyanates is 1. The summed E-state index contributed by atoms with van der Waals surface area (Å²) in [4.78, 5) is 4.09. The van der Waals surface area contributed by atoms with Crippen LogP contribution in [0.4, 0.5) is 5.69 Å². The molecule has 0 heterocycles. The third-order valence-corrected chi connectivity index (χ3v) is 5.19. The van der Waals surface area contributed by atoms with Crippen LogP contribution >= 0.6 is 12.2 Å². The predicted molar refractivity (Wildman–Crippen MR) is 102 cm³/mol. The van der Waals surface area contributed by atoms with Gasteiger partial charge in [-0.15, -0.1) is 0 Å². The summed E-state index contributed by atoms with van der Waals surface area (Å²) < 4.78 is 0. The minimum absolute atomic E-state index is 0.751. The number of thiocarbonyl (C=S) groups is 1. The molecule has 118 valence electrons. The summed E-state index contributed by atoms with van der Waals surface area (Å²) in [6, 6.07) is 15.4. The van der Waals surface area contributed by atoms with Crippen LogP contribution in [0.3, 0.4) is 0 Å². The Hall–Kier alpha value is -1.76. The monoisotopic (exact) mass is 321 g/mol. The third kappa shape index (κ3) is 3.77. The standard InChI is InChI=1S/C21H23NS/c1-15-3-5-17(6-4-15)18-7-9-19(10-8-18)20-11-12-21(22-14-23)16(2)13-20/h7-13,15,17H,3-6H2,1-2H3. The van der Waals surface area contributed by atoms with E-state index in [1.165, 1.54) is 42.4 Å². The first-order chi connectivity index (χ1) is 11.2. The molecule has 2 heteroatoms. The van der Waals surface area contributed by atoms with Crippen molar-refractivity contribution in [2.45, 2.75) is 45.4 Å². The topological polar surface area (TPSA) is 12.4 Å². The Morgan fingerprint density at radius 2 is 1.61 bits per heavy atom. The zero-order valence-electron chi connectivity index (χ0n) is 13.9. The van der Waals surface area contributed by atoms with Crippen LogP contribution in [0.15, 0.2) is 47.5 Å². The van der Waals surface area contributed by atoms with Gasteiger partial charge in [-0.25, -0.2) is 0 Å². The predicted octanol–water partition coefficient (Wildman–Crippen LogP) is 6.69. The third-order valence-electron chi connectivity index (χ3n) is 5.09. The SMILES string of the molecule is Cc1cc(-c2ccc(C3CCC(C)CC3)cc2)ccc1N=C=S. The van der Waals surface area contributed by atoms with Crippen molar-refractivity contribution < 1.29 is 0 Å². The molecule has 0 N–H and O–H groups in total. The molecule has 0 saturated heterocycles. The van der Waals surface area contributed by atoms with Gasteiger partial charge in [-0.2, -0.15) is 4.99 Å². The number of aryl methyl sites for hydroxylation is 1. The molecule has 0 amide bonds. The highest BCUT2D eigenvalue weighted by molar-refractivity contribution is 7.78. The van der Waals surface area contributed by atoms with E-state index in [2.05, 4.69) is 72.6 Å². The van der Waals surface area contributed by atoms with Crippen LogP contribution in [0.5, 0.6) is 0 Å². The Balaban J connectivity index is 1.79. The van der Waals surface area contributed by atoms with Gasteiger partial charge < -0.3 is 0 Å². The van der Waals surface area contributed by atoms with Gasteiger partial charge in [-0.05, 0) is 78.2 Å². The fraction of sp³-hybridized carbons (Fsp3) is 0.381. The van der Waals surface area contributed by atoms with Crippen molar-refractivity contribution in [1.29, 1.82) is 0 Å². The fourth-order valence-corrected chi connectivity index (χ4v) is 3.65. The van der Waals surface area contributed by atoms with Gasteiger partial charge in [0.2, 0.25) is 0 Å². The van der Waals surface area contributed by atoms with Gasteiger partial charge in [0.15, 0.2) is 0 Å². The molecular weight excluding hydrogens is 298 g/mol. The van der Waals surface area contributed by atoms with Crippen molar-refractivity contribution in [1.82, 2.24) is 0 Å². The maximum absolute atomic E-state index is 4.69. The van der Waals surface area contributed by atoms with Gasteiger partial charge in [0.25, 0.3) is 0 Å². The van der Waals surface area contributed by atoms with E-state index in [9.17, 15) is 0 Å². The van der Waals surface area contributed by atoms with E-state index in [0.29, 0.717) is 0 Å². The number of nitrogens with zero attached hydrogens (tertiary/aromatic N) is 1. The van der Waals surface area contributed by atoms with E-state index in [-0.39, 0.29) is 0 Å². The lowest BCUT2D eigenvalue weighted by Crippen LogP contribution is -2.10. The van der Waals surface area contributed by atoms with Crippen molar-refractivity contribution in [3.63, 3.8) is 0 Å². The highest BCUT2D eigenvalue weighted by atomic mass is 32.1. The molecule has 0 spiro atoms. The lowest BCUT2D eigenvalue weighted by molar-refractivity contribution is 0.348. The Morgan fingerprint density at radius 3 is 2.22 bits per heavy atom. The summed E-state index contributed by atoms with van der Waals surface area (Å²) in [5.41, 5.74) is 6.02. The molecule has 1 aliphatic carbocycles. The molecule has 0 aliphatic heterocycles. The first kappa shape index (κ1) is 16.1. The second kappa shape index (κ2) is 7.21. The molecule has 23 heavy (non-hydrogen) atoms. The molecule has 1 saturated carbocycles. The molecule has 0 aromatic heterocycles. The molecule has 0 bridgehead atoms. The Morgan fingerprint density at radius 1 is 0.957 bits per heavy atom. The van der Waals surface area contributed by atoms with E-state index in [1.807, 2.05) is 6.07 Å². The molecule has 1 fully saturated rings. The van der Waals surface area contributed by atoms with Crippen LogP contribution in [0.25, 0.3) is 11.1 Å². The second-order valence-corrected chi connectivity index (χ2v) is 6.97. The minimum Gasteiger partial charge on any atom is -0.194 e. The highest BCUT2D eigenvalue weighted by Gasteiger charge is 2.19. The summed E-state index contributed by atoms with van der Waals surface area (Å²) in [6.45, 7) is 4.44. The Kier molecular flexibility index (Phi) is 5.05. The molecule has 2 aromatic carbocycles. The summed E-state index contributed by atoms with van der Waals surface area (Å²) in [5.74, 6) is 1.66. The molecule has 0 atom stereocenters. The van der Waals surface area contributed by atoms with E-state index < -0.39 is 0 Å². The second-order valence-electron chi connectivity index (χ2n) is 6.78. The van der Waals surface area contributed by atoms with Gasteiger partial charge >= 0.3 is 0 Å². The first-order valence-corrected chi connectivity index (χ1v) is 8.87. The van der Waals surface area contributed by atoms with Gasteiger partial charge in [0.1, 0.15) is 0 Å². The van der Waals surface area contributed by atoms with Crippen molar-refractivity contribution in [2.75, 3.05) is 0 Å². The number of benzene rings is 2. The van der Waals surface area contributed by atoms with Gasteiger partial charge in [0, 0.05) is 0 Å². The minimum atomic E-state index is 0.751. The summed E-state index contributed by atoms with van der Waals surface area (Å²) in [7, 11) is 0. The normalized spacial score (nSPS) is 20.8. The van der Waals surface area contributed by atoms with Crippen LogP contribution in [-0.4, -0.2) is 5.16 Å². The Labute approximate surface area is 144 Å². The zero-order valence-corrected chi connectivity index (χ0v) is 14.7. The van der Waals surface area contributed by atoms with Crippen LogP contribution in [0, 0.1) is 12.8 Å². The van der Waals surface area contributed by atoms with Gasteiger partial charge in [0.05, 0.1) is 10.8 Å². The zero-order chi connectivity index (χ0) is 16.2. The van der Waals surface area contributed by atoms with E-state index in [4.69, 9.17) is 0 Å². The fourth-order valence-electron chi connectivity index (χ4n) is 3.55. The molecular formula is C21H23NS. The number of hydrogen-bond acceptors (Lipinski definition) is 2. The summed E-state index contributed by atoms with van der Waals surface area (Å²) in [6.07, 6.45) is 5.41. The molecule has 0 unspecified atom stereocenters. The molecule has 0 radical (unpaired) electrons. The van der Waals surface area contributed by atoms with E-state index in [0.717, 1.165) is 23.1 Å². The van der Waals surface area contributed by atoms with Crippen molar-refractivity contribution >= 4 is 23.1 Å². The maximum Gasteiger partial charge on any atom is 0.0769 e. The highest BCUT2D eigenvalue weighted by Crippen LogP contribution is 2.36. The summed E-state index contributed by atoms with van der Waals surface area (Å²) >= 11 is 4.69. The number of rotatable bonds is 3. The maximum atomic E-state index is 4.69. The van der Waals surface area contributed by atoms with Crippen LogP contribution < -0.4 is 0 Å². The molecule has 2 aromatic rings. The molecule has 1 nitrogen and oxygen atoms in total. The first-order valence-electron chi connectivity index (χ1n) is 8.46. The van der Waals surface area contributed by atoms with Crippen molar-refractivity contribution in [3.05, 3.63) is 53.6 Å². The van der Waals surface area contributed by atoms with Gasteiger partial charge in [-0.1, -0.05) is 50.1 Å². The summed E-state index contributed by atoms with van der Waals surface area (Å²) in [5, 5.41) is 2.44. The van der Waals surface area contributed by atoms with Gasteiger partial charge in [-0.3, -0.25) is 0 Å². The van der Waals surface area contributed by atoms with E-state index >= 15 is 0 Å². The van der Waals surface area contributed by atoms with E-state index in [1.54, 1.807) is 0 Å². The number of aliphatic imine (C=N–C) groups is 1. The Bertz CT molecular complexity index is 718. The van der Waals surface area contributed by atoms with Crippen LogP contribution in [0.2, 0.25) is 0 Å².